The Balaban J connectivity index is 1.29. The van der Waals surface area contributed by atoms with Gasteiger partial charge in [0.25, 0.3) is 0 Å². The highest BCUT2D eigenvalue weighted by Crippen LogP contribution is 2.35. The van der Waals surface area contributed by atoms with Crippen molar-refractivity contribution in [3.05, 3.63) is 58.8 Å². The lowest BCUT2D eigenvalue weighted by molar-refractivity contribution is 0.395. The molecule has 3 N–H and O–H groups in total. The number of aromatic nitrogens is 3. The van der Waals surface area contributed by atoms with E-state index in [-0.39, 0.29) is 22.4 Å². The number of pyridine rings is 1. The molecule has 1 aliphatic heterocycles. The van der Waals surface area contributed by atoms with E-state index in [1.807, 2.05) is 18.0 Å². The van der Waals surface area contributed by atoms with E-state index in [0.717, 1.165) is 25.3 Å². The van der Waals surface area contributed by atoms with Crippen LogP contribution >= 0.6 is 11.9 Å². The first-order valence-corrected chi connectivity index (χ1v) is 11.7. The third kappa shape index (κ3) is 4.35. The van der Waals surface area contributed by atoms with Gasteiger partial charge in [-0.25, -0.2) is 4.39 Å². The lowest BCUT2D eigenvalue weighted by atomic mass is 9.94. The Morgan fingerprint density at radius 1 is 1.12 bits per heavy atom. The van der Waals surface area contributed by atoms with E-state index in [0.29, 0.717) is 22.5 Å². The molecular weight excluding hydrogens is 429 g/mol. The molecule has 1 aromatic carbocycles. The Labute approximate surface area is 189 Å². The number of benzene rings is 1. The molecule has 166 valence electrons. The Hall–Kier alpha value is -2.91. The van der Waals surface area contributed by atoms with Gasteiger partial charge in [0.15, 0.2) is 5.82 Å². The number of halogens is 1. The van der Waals surface area contributed by atoms with E-state index < -0.39 is 5.82 Å². The van der Waals surface area contributed by atoms with Crippen molar-refractivity contribution in [2.45, 2.75) is 37.0 Å². The van der Waals surface area contributed by atoms with Gasteiger partial charge in [-0.2, -0.15) is 0 Å². The van der Waals surface area contributed by atoms with Crippen LogP contribution in [0.25, 0.3) is 22.4 Å². The van der Waals surface area contributed by atoms with Crippen LogP contribution in [0.1, 0.15) is 25.7 Å². The third-order valence-corrected chi connectivity index (χ3v) is 7.26. The third-order valence-electron chi connectivity index (χ3n) is 6.07. The standard InChI is InChI=1S/C23H24FN5O2S/c24-19-11-18(21(30)12-17(19)14-6-8-25-23(31)10-14)20-4-5-22(27-26-20)29-9-7-16(13-29)32-28-15-2-1-3-15/h4-6,8,10-12,15-16,28,30H,1-3,7,9,13H2,(H,25,31). The molecule has 7 nitrogen and oxygen atoms in total. The molecule has 1 saturated carbocycles. The summed E-state index contributed by atoms with van der Waals surface area (Å²) in [5.74, 6) is 0.108. The summed E-state index contributed by atoms with van der Waals surface area (Å²) in [6.45, 7) is 1.83. The summed E-state index contributed by atoms with van der Waals surface area (Å²) in [5.41, 5.74) is 0.850. The van der Waals surface area contributed by atoms with Crippen molar-refractivity contribution in [1.82, 2.24) is 19.9 Å². The first-order valence-electron chi connectivity index (χ1n) is 10.8. The molecule has 0 amide bonds. The summed E-state index contributed by atoms with van der Waals surface area (Å²) in [5, 5.41) is 19.6. The monoisotopic (exact) mass is 453 g/mol. The summed E-state index contributed by atoms with van der Waals surface area (Å²) in [6, 6.07) is 9.67. The zero-order chi connectivity index (χ0) is 22.1. The highest BCUT2D eigenvalue weighted by Gasteiger charge is 2.26. The number of anilines is 1. The van der Waals surface area contributed by atoms with Gasteiger partial charge in [-0.15, -0.1) is 10.2 Å². The maximum absolute atomic E-state index is 14.8. The van der Waals surface area contributed by atoms with Crippen molar-refractivity contribution in [3.63, 3.8) is 0 Å². The highest BCUT2D eigenvalue weighted by atomic mass is 32.2. The molecule has 1 atom stereocenters. The minimum atomic E-state index is -0.548. The van der Waals surface area contributed by atoms with Crippen LogP contribution in [-0.2, 0) is 0 Å². The molecule has 2 aliphatic rings. The second-order valence-corrected chi connectivity index (χ2v) is 9.43. The largest absolute Gasteiger partial charge is 0.507 e. The molecule has 32 heavy (non-hydrogen) atoms. The highest BCUT2D eigenvalue weighted by molar-refractivity contribution is 7.98. The molecule has 0 spiro atoms. The molecule has 0 radical (unpaired) electrons. The molecule has 5 rings (SSSR count). The number of nitrogens with one attached hydrogen (secondary N) is 2. The maximum atomic E-state index is 14.8. The zero-order valence-electron chi connectivity index (χ0n) is 17.4. The van der Waals surface area contributed by atoms with Crippen LogP contribution in [0.15, 0.2) is 47.4 Å². The molecule has 2 fully saturated rings. The van der Waals surface area contributed by atoms with Gasteiger partial charge in [-0.1, -0.05) is 18.4 Å². The zero-order valence-corrected chi connectivity index (χ0v) is 18.2. The Morgan fingerprint density at radius 2 is 2.00 bits per heavy atom. The van der Waals surface area contributed by atoms with Crippen molar-refractivity contribution >= 4 is 17.8 Å². The van der Waals surface area contributed by atoms with Crippen molar-refractivity contribution in [2.24, 2.45) is 0 Å². The lowest BCUT2D eigenvalue weighted by Gasteiger charge is -2.27. The summed E-state index contributed by atoms with van der Waals surface area (Å²) < 4.78 is 18.3. The number of hydrogen-bond acceptors (Lipinski definition) is 7. The number of H-pyrrole nitrogens is 1. The number of rotatable bonds is 6. The molecule has 9 heteroatoms. The van der Waals surface area contributed by atoms with Gasteiger partial charge in [0.2, 0.25) is 5.56 Å². The molecule has 0 bridgehead atoms. The minimum absolute atomic E-state index is 0.122. The van der Waals surface area contributed by atoms with Crippen LogP contribution in [0, 0.1) is 5.82 Å². The van der Waals surface area contributed by atoms with Gasteiger partial charge in [-0.05, 0) is 55.2 Å². The smallest absolute Gasteiger partial charge is 0.248 e. The number of aromatic amines is 1. The molecule has 1 aliphatic carbocycles. The molecular formula is C23H24FN5O2S. The fourth-order valence-corrected chi connectivity index (χ4v) is 5.09. The normalized spacial score (nSPS) is 18.7. The summed E-state index contributed by atoms with van der Waals surface area (Å²) >= 11 is 1.83. The van der Waals surface area contributed by atoms with Crippen molar-refractivity contribution in [3.8, 4) is 28.1 Å². The summed E-state index contributed by atoms with van der Waals surface area (Å²) in [7, 11) is 0. The topological polar surface area (TPSA) is 94.1 Å². The average molecular weight is 454 g/mol. The number of nitrogens with zero attached hydrogens (tertiary/aromatic N) is 3. The van der Waals surface area contributed by atoms with Crippen molar-refractivity contribution in [1.29, 1.82) is 0 Å². The maximum Gasteiger partial charge on any atom is 0.248 e. The Kier molecular flexibility index (Phi) is 5.84. The predicted octanol–water partition coefficient (Wildman–Crippen LogP) is 3.71. The molecule has 3 heterocycles. The predicted molar refractivity (Wildman–Crippen MR) is 124 cm³/mol. The van der Waals surface area contributed by atoms with Gasteiger partial charge in [0.05, 0.1) is 5.69 Å². The van der Waals surface area contributed by atoms with E-state index in [4.69, 9.17) is 0 Å². The fraction of sp³-hybridized carbons (Fsp3) is 0.348. The van der Waals surface area contributed by atoms with E-state index >= 15 is 0 Å². The van der Waals surface area contributed by atoms with E-state index in [1.165, 1.54) is 43.7 Å². The molecule has 2 aromatic heterocycles. The number of aromatic hydroxyl groups is 1. The van der Waals surface area contributed by atoms with Crippen LogP contribution in [0.3, 0.4) is 0 Å². The van der Waals surface area contributed by atoms with Gasteiger partial charge in [0, 0.05) is 47.8 Å². The SMILES string of the molecule is O=c1cc(-c2cc(O)c(-c3ccc(N4CCC(SNC5CCC5)C4)nn3)cc2F)cc[nH]1. The molecule has 3 aromatic rings. The average Bonchev–Trinajstić information content (AvgIpc) is 3.23. The first kappa shape index (κ1) is 21.0. The van der Waals surface area contributed by atoms with Gasteiger partial charge >= 0.3 is 0 Å². The Morgan fingerprint density at radius 3 is 2.72 bits per heavy atom. The van der Waals surface area contributed by atoms with E-state index in [9.17, 15) is 14.3 Å². The lowest BCUT2D eigenvalue weighted by Crippen LogP contribution is -2.32. The van der Waals surface area contributed by atoms with Crippen LogP contribution in [0.5, 0.6) is 5.75 Å². The van der Waals surface area contributed by atoms with Crippen LogP contribution in [0.4, 0.5) is 10.2 Å². The van der Waals surface area contributed by atoms with E-state index in [1.54, 1.807) is 12.1 Å². The first-order chi connectivity index (χ1) is 15.6. The van der Waals surface area contributed by atoms with Crippen LogP contribution in [0.2, 0.25) is 0 Å². The molecule has 1 saturated heterocycles. The van der Waals surface area contributed by atoms with Crippen molar-refractivity contribution in [2.75, 3.05) is 18.0 Å². The summed E-state index contributed by atoms with van der Waals surface area (Å²) in [6.07, 6.45) is 6.40. The van der Waals surface area contributed by atoms with Gasteiger partial charge in [0.1, 0.15) is 11.6 Å². The summed E-state index contributed by atoms with van der Waals surface area (Å²) in [4.78, 5) is 16.2. The molecule has 1 unspecified atom stereocenters. The van der Waals surface area contributed by atoms with Gasteiger partial charge in [-0.3, -0.25) is 9.52 Å². The number of hydrogen-bond donors (Lipinski definition) is 3. The Bertz CT molecular complexity index is 1170. The van der Waals surface area contributed by atoms with Crippen LogP contribution < -0.4 is 15.2 Å². The second-order valence-electron chi connectivity index (χ2n) is 8.29. The fourth-order valence-electron chi connectivity index (χ4n) is 3.99. The van der Waals surface area contributed by atoms with Crippen LogP contribution in [-0.4, -0.2) is 44.7 Å². The minimum Gasteiger partial charge on any atom is -0.507 e. The van der Waals surface area contributed by atoms with Crippen molar-refractivity contribution < 1.29 is 9.50 Å². The number of phenolic OH excluding ortho intramolecular Hbond substituents is 1. The second kappa shape index (κ2) is 8.91. The number of phenols is 1. The quantitative estimate of drug-likeness (QED) is 0.490. The van der Waals surface area contributed by atoms with Gasteiger partial charge < -0.3 is 15.0 Å². The van der Waals surface area contributed by atoms with E-state index in [2.05, 4.69) is 24.8 Å².